The molecule has 2 heterocycles. The molecule has 1 fully saturated rings. The molecule has 0 amide bonds. The van der Waals surface area contributed by atoms with Crippen LogP contribution in [-0.4, -0.2) is 42.8 Å². The Morgan fingerprint density at radius 2 is 1.86 bits per heavy atom. The third-order valence-electron chi connectivity index (χ3n) is 7.65. The number of benzene rings is 3. The van der Waals surface area contributed by atoms with E-state index in [-0.39, 0.29) is 0 Å². The third kappa shape index (κ3) is 3.99. The van der Waals surface area contributed by atoms with Gasteiger partial charge in [0.05, 0.1) is 10.6 Å². The molecule has 2 N–H and O–H groups in total. The van der Waals surface area contributed by atoms with E-state index in [2.05, 4.69) is 28.1 Å². The summed E-state index contributed by atoms with van der Waals surface area (Å²) in [5.41, 5.74) is 6.88. The average molecular weight is 487 g/mol. The zero-order chi connectivity index (χ0) is 24.2. The molecule has 0 unspecified atom stereocenters. The molecule has 0 bridgehead atoms. The van der Waals surface area contributed by atoms with Crippen LogP contribution in [0.3, 0.4) is 0 Å². The van der Waals surface area contributed by atoms with E-state index in [1.807, 2.05) is 42.5 Å². The molecule has 1 aliphatic heterocycles. The zero-order valence-electron chi connectivity index (χ0n) is 19.9. The van der Waals surface area contributed by atoms with Gasteiger partial charge in [0.15, 0.2) is 9.84 Å². The molecule has 2 aliphatic rings. The van der Waals surface area contributed by atoms with Crippen molar-refractivity contribution in [1.82, 2.24) is 9.88 Å². The molecule has 0 radical (unpaired) electrons. The largest absolute Gasteiger partial charge is 0.384 e. The minimum atomic E-state index is -3.33. The SMILES string of the molecule is CS(=O)(=O)c1cccc2[nH]c3c(c12)CCCc1ccc(CN2CC[C@](O)(c4ccccc4)C2)cc1-3. The van der Waals surface area contributed by atoms with Gasteiger partial charge in [-0.1, -0.05) is 48.5 Å². The van der Waals surface area contributed by atoms with E-state index in [1.54, 1.807) is 6.07 Å². The van der Waals surface area contributed by atoms with Crippen LogP contribution in [0, 0.1) is 0 Å². The molecular formula is C29H30N2O3S. The number of aryl methyl sites for hydroxylation is 2. The Morgan fingerprint density at radius 3 is 2.66 bits per heavy atom. The molecule has 180 valence electrons. The number of aromatic amines is 1. The van der Waals surface area contributed by atoms with Gasteiger partial charge < -0.3 is 10.1 Å². The number of sulfone groups is 1. The monoisotopic (exact) mass is 486 g/mol. The van der Waals surface area contributed by atoms with E-state index >= 15 is 0 Å². The highest BCUT2D eigenvalue weighted by Gasteiger charge is 2.37. The maximum Gasteiger partial charge on any atom is 0.176 e. The Kier molecular flexibility index (Phi) is 5.36. The molecule has 35 heavy (non-hydrogen) atoms. The summed E-state index contributed by atoms with van der Waals surface area (Å²) in [6.45, 7) is 2.23. The van der Waals surface area contributed by atoms with Gasteiger partial charge in [-0.3, -0.25) is 4.90 Å². The molecule has 3 aromatic carbocycles. The lowest BCUT2D eigenvalue weighted by atomic mass is 9.93. The first-order chi connectivity index (χ1) is 16.8. The quantitative estimate of drug-likeness (QED) is 0.434. The number of fused-ring (bicyclic) bond motifs is 5. The van der Waals surface area contributed by atoms with Gasteiger partial charge in [0.25, 0.3) is 0 Å². The van der Waals surface area contributed by atoms with Crippen LogP contribution in [0.2, 0.25) is 0 Å². The van der Waals surface area contributed by atoms with Crippen LogP contribution in [0.4, 0.5) is 0 Å². The third-order valence-corrected chi connectivity index (χ3v) is 8.79. The first-order valence-electron chi connectivity index (χ1n) is 12.3. The maximum absolute atomic E-state index is 12.5. The van der Waals surface area contributed by atoms with Crippen LogP contribution in [0.5, 0.6) is 0 Å². The first kappa shape index (κ1) is 22.5. The van der Waals surface area contributed by atoms with Crippen molar-refractivity contribution in [3.8, 4) is 11.3 Å². The number of β-amino-alcohol motifs (C(OH)–C–C–N with tert-alkyl or cyclic N) is 1. The van der Waals surface area contributed by atoms with Gasteiger partial charge in [0, 0.05) is 42.4 Å². The summed E-state index contributed by atoms with van der Waals surface area (Å²) >= 11 is 0. The van der Waals surface area contributed by atoms with Crippen molar-refractivity contribution in [2.24, 2.45) is 0 Å². The normalized spacial score (nSPS) is 20.5. The Morgan fingerprint density at radius 1 is 1.03 bits per heavy atom. The summed E-state index contributed by atoms with van der Waals surface area (Å²) in [4.78, 5) is 6.29. The molecule has 4 aromatic rings. The standard InChI is InChI=1S/C29H30N2O3S/c1-35(33,34)26-12-6-11-25-27(26)23-10-5-7-21-14-13-20(17-24(21)28(23)30-25)18-31-16-15-29(32,19-31)22-8-3-2-4-9-22/h2-4,6,8-9,11-14,17,30,32H,5,7,10,15-16,18-19H2,1H3/t29-/m1/s1. The zero-order valence-corrected chi connectivity index (χ0v) is 20.7. The van der Waals surface area contributed by atoms with Gasteiger partial charge in [-0.25, -0.2) is 8.42 Å². The molecule has 0 spiro atoms. The summed E-state index contributed by atoms with van der Waals surface area (Å²) in [5.74, 6) is 0. The van der Waals surface area contributed by atoms with Crippen LogP contribution in [0.15, 0.2) is 71.6 Å². The lowest BCUT2D eigenvalue weighted by molar-refractivity contribution is 0.0453. The summed E-state index contributed by atoms with van der Waals surface area (Å²) in [7, 11) is -3.33. The van der Waals surface area contributed by atoms with Crippen molar-refractivity contribution in [2.45, 2.75) is 42.7 Å². The number of likely N-dealkylation sites (tertiary alicyclic amines) is 1. The Hall–Kier alpha value is -2.93. The minimum Gasteiger partial charge on any atom is -0.384 e. The summed E-state index contributed by atoms with van der Waals surface area (Å²) in [5, 5.41) is 12.1. The van der Waals surface area contributed by atoms with Crippen molar-refractivity contribution in [3.05, 3.63) is 89.0 Å². The first-order valence-corrected chi connectivity index (χ1v) is 14.2. The highest BCUT2D eigenvalue weighted by atomic mass is 32.2. The summed E-state index contributed by atoms with van der Waals surface area (Å²) in [6, 6.07) is 22.1. The van der Waals surface area contributed by atoms with Crippen molar-refractivity contribution in [3.63, 3.8) is 0 Å². The number of hydrogen-bond donors (Lipinski definition) is 2. The number of rotatable bonds is 4. The van der Waals surface area contributed by atoms with Gasteiger partial charge in [-0.2, -0.15) is 0 Å². The van der Waals surface area contributed by atoms with E-state index in [0.29, 0.717) is 11.4 Å². The molecule has 6 heteroatoms. The Bertz CT molecular complexity index is 1520. The summed E-state index contributed by atoms with van der Waals surface area (Å²) < 4.78 is 25.0. The highest BCUT2D eigenvalue weighted by Crippen LogP contribution is 2.40. The number of hydrogen-bond acceptors (Lipinski definition) is 4. The van der Waals surface area contributed by atoms with Gasteiger partial charge in [-0.05, 0) is 66.1 Å². The molecule has 1 aliphatic carbocycles. The van der Waals surface area contributed by atoms with Crippen LogP contribution >= 0.6 is 0 Å². The van der Waals surface area contributed by atoms with Gasteiger partial charge in [-0.15, -0.1) is 0 Å². The van der Waals surface area contributed by atoms with E-state index < -0.39 is 15.4 Å². The van der Waals surface area contributed by atoms with Crippen LogP contribution in [0.25, 0.3) is 22.2 Å². The number of aromatic nitrogens is 1. The van der Waals surface area contributed by atoms with Crippen LogP contribution in [-0.2, 0) is 34.8 Å². The fourth-order valence-corrected chi connectivity index (χ4v) is 6.88. The molecular weight excluding hydrogens is 456 g/mol. The lowest BCUT2D eigenvalue weighted by Crippen LogP contribution is -2.30. The molecule has 6 rings (SSSR count). The predicted octanol–water partition coefficient (Wildman–Crippen LogP) is 4.82. The minimum absolute atomic E-state index is 0.407. The van der Waals surface area contributed by atoms with Crippen LogP contribution < -0.4 is 0 Å². The van der Waals surface area contributed by atoms with Crippen molar-refractivity contribution in [1.29, 1.82) is 0 Å². The van der Waals surface area contributed by atoms with E-state index in [4.69, 9.17) is 0 Å². The number of aliphatic hydroxyl groups is 1. The second-order valence-corrected chi connectivity index (χ2v) is 12.1. The molecule has 0 saturated carbocycles. The van der Waals surface area contributed by atoms with Crippen LogP contribution in [0.1, 0.15) is 35.1 Å². The molecule has 5 nitrogen and oxygen atoms in total. The van der Waals surface area contributed by atoms with Crippen molar-refractivity contribution >= 4 is 20.7 Å². The summed E-state index contributed by atoms with van der Waals surface area (Å²) in [6.07, 6.45) is 4.82. The maximum atomic E-state index is 12.5. The van der Waals surface area contributed by atoms with E-state index in [9.17, 15) is 13.5 Å². The number of H-pyrrole nitrogens is 1. The number of nitrogens with zero attached hydrogens (tertiary/aromatic N) is 1. The lowest BCUT2D eigenvalue weighted by Gasteiger charge is -2.24. The van der Waals surface area contributed by atoms with Gasteiger partial charge >= 0.3 is 0 Å². The van der Waals surface area contributed by atoms with Gasteiger partial charge in [0.1, 0.15) is 5.60 Å². The smallest absolute Gasteiger partial charge is 0.176 e. The Balaban J connectivity index is 1.35. The highest BCUT2D eigenvalue weighted by molar-refractivity contribution is 7.91. The van der Waals surface area contributed by atoms with E-state index in [0.717, 1.165) is 66.5 Å². The molecule has 1 aromatic heterocycles. The van der Waals surface area contributed by atoms with Crippen molar-refractivity contribution < 1.29 is 13.5 Å². The fraction of sp³-hybridized carbons (Fsp3) is 0.310. The fourth-order valence-electron chi connectivity index (χ4n) is 5.95. The number of nitrogens with one attached hydrogen (secondary N) is 1. The second-order valence-electron chi connectivity index (χ2n) is 10.1. The average Bonchev–Trinajstić information content (AvgIpc) is 3.35. The van der Waals surface area contributed by atoms with E-state index in [1.165, 1.54) is 22.9 Å². The second kappa shape index (κ2) is 8.33. The Labute approximate surface area is 206 Å². The van der Waals surface area contributed by atoms with Gasteiger partial charge in [0.2, 0.25) is 0 Å². The van der Waals surface area contributed by atoms with Crippen molar-refractivity contribution in [2.75, 3.05) is 19.3 Å². The molecule has 1 atom stereocenters. The predicted molar refractivity (Wildman–Crippen MR) is 139 cm³/mol. The molecule has 1 saturated heterocycles. The topological polar surface area (TPSA) is 73.4 Å².